The second kappa shape index (κ2) is 3.37. The van der Waals surface area contributed by atoms with Gasteiger partial charge in [-0.2, -0.15) is 0 Å². The van der Waals surface area contributed by atoms with Gasteiger partial charge in [-0.05, 0) is 0 Å². The molecule has 9 heavy (non-hydrogen) atoms. The summed E-state index contributed by atoms with van der Waals surface area (Å²) in [6, 6.07) is 0. The Morgan fingerprint density at radius 2 is 2.11 bits per heavy atom. The molecule has 1 fully saturated rings. The minimum absolute atomic E-state index is 0.0104. The van der Waals surface area contributed by atoms with Gasteiger partial charge in [-0.25, -0.2) is 4.79 Å². The predicted octanol–water partition coefficient (Wildman–Crippen LogP) is -1.60. The molecule has 0 spiro atoms. The van der Waals surface area contributed by atoms with Gasteiger partial charge in [0.25, 0.3) is 0 Å². The summed E-state index contributed by atoms with van der Waals surface area (Å²) in [5.41, 5.74) is 0. The molecule has 0 aromatic carbocycles. The van der Waals surface area contributed by atoms with Crippen molar-refractivity contribution in [3.63, 3.8) is 0 Å². The average molecular weight is 127 g/mol. The van der Waals surface area contributed by atoms with Crippen molar-refractivity contribution < 1.29 is 4.79 Å². The van der Waals surface area contributed by atoms with Gasteiger partial charge in [-0.1, -0.05) is 0 Å². The Kier molecular flexibility index (Phi) is 2.42. The molecular weight excluding hydrogens is 118 g/mol. The van der Waals surface area contributed by atoms with Crippen molar-refractivity contribution in [2.75, 3.05) is 13.3 Å². The molecule has 0 aliphatic carbocycles. The molecule has 1 saturated heterocycles. The summed E-state index contributed by atoms with van der Waals surface area (Å²) in [7, 11) is 0. The van der Waals surface area contributed by atoms with E-state index in [-0.39, 0.29) is 6.17 Å². The molecule has 50 valence electrons. The van der Waals surface area contributed by atoms with Gasteiger partial charge in [0.05, 0.1) is 6.17 Å². The van der Waals surface area contributed by atoms with E-state index in [2.05, 4.69) is 16.0 Å². The number of rotatable bonds is 1. The van der Waals surface area contributed by atoms with Gasteiger partial charge < -0.3 is 0 Å². The Morgan fingerprint density at radius 3 is 2.67 bits per heavy atom. The van der Waals surface area contributed by atoms with Crippen molar-refractivity contribution >= 4 is 5.94 Å². The minimum atomic E-state index is -0.0104. The third-order valence-corrected chi connectivity index (χ3v) is 1.13. The molecular formula is C5H9N3O. The first-order chi connectivity index (χ1) is 4.43. The molecule has 0 amide bonds. The molecule has 0 aromatic rings. The number of hydrogen-bond acceptors (Lipinski definition) is 4. The highest BCUT2D eigenvalue weighted by Gasteiger charge is 2.05. The predicted molar refractivity (Wildman–Crippen MR) is 33.2 cm³/mol. The molecule has 3 N–H and O–H groups in total. The van der Waals surface area contributed by atoms with Crippen molar-refractivity contribution in [2.45, 2.75) is 6.17 Å². The van der Waals surface area contributed by atoms with Gasteiger partial charge in [-0.3, -0.25) is 16.0 Å². The molecule has 4 nitrogen and oxygen atoms in total. The molecule has 1 heterocycles. The molecule has 4 heteroatoms. The van der Waals surface area contributed by atoms with Crippen LogP contribution in [0.3, 0.4) is 0 Å². The van der Waals surface area contributed by atoms with Crippen LogP contribution in [0.1, 0.15) is 0 Å². The van der Waals surface area contributed by atoms with Crippen LogP contribution >= 0.6 is 0 Å². The number of hydrogen-bond donors (Lipinski definition) is 3. The summed E-state index contributed by atoms with van der Waals surface area (Å²) in [4.78, 5) is 9.79. The van der Waals surface area contributed by atoms with Crippen molar-refractivity contribution in [1.29, 1.82) is 0 Å². The molecule has 0 unspecified atom stereocenters. The maximum Gasteiger partial charge on any atom is 0.123 e. The lowest BCUT2D eigenvalue weighted by Crippen LogP contribution is -2.54. The average Bonchev–Trinajstić information content (AvgIpc) is 1.91. The van der Waals surface area contributed by atoms with Crippen molar-refractivity contribution in [3.05, 3.63) is 6.08 Å². The van der Waals surface area contributed by atoms with Crippen LogP contribution in [-0.2, 0) is 4.79 Å². The smallest absolute Gasteiger partial charge is 0.123 e. The maximum atomic E-state index is 9.79. The van der Waals surface area contributed by atoms with Crippen LogP contribution in [0.4, 0.5) is 0 Å². The van der Waals surface area contributed by atoms with Gasteiger partial charge in [-0.15, -0.1) is 0 Å². The second-order valence-corrected chi connectivity index (χ2v) is 1.77. The summed E-state index contributed by atoms with van der Waals surface area (Å²) in [6.07, 6.45) is 1.41. The molecule has 1 rings (SSSR count). The van der Waals surface area contributed by atoms with Crippen molar-refractivity contribution in [1.82, 2.24) is 16.0 Å². The topological polar surface area (TPSA) is 53.2 Å². The Balaban J connectivity index is 2.31. The van der Waals surface area contributed by atoms with Crippen LogP contribution in [0.2, 0.25) is 0 Å². The first-order valence-corrected chi connectivity index (χ1v) is 2.82. The summed E-state index contributed by atoms with van der Waals surface area (Å²) >= 11 is 0. The van der Waals surface area contributed by atoms with E-state index in [1.165, 1.54) is 6.08 Å². The quantitative estimate of drug-likeness (QED) is 0.371. The van der Waals surface area contributed by atoms with Gasteiger partial charge in [0.15, 0.2) is 0 Å². The van der Waals surface area contributed by atoms with Crippen molar-refractivity contribution in [3.8, 4) is 0 Å². The lowest BCUT2D eigenvalue weighted by molar-refractivity contribution is 0.383. The Morgan fingerprint density at radius 1 is 1.44 bits per heavy atom. The lowest BCUT2D eigenvalue weighted by atomic mass is 10.4. The first kappa shape index (κ1) is 6.45. The van der Waals surface area contributed by atoms with Crippen LogP contribution in [0.25, 0.3) is 0 Å². The van der Waals surface area contributed by atoms with Gasteiger partial charge in [0.1, 0.15) is 5.94 Å². The highest BCUT2D eigenvalue weighted by Crippen LogP contribution is 1.78. The standard InChI is InChI=1S/C5H9N3O/c9-2-1-5-7-3-6-4-8-5/h1,5-8H,3-4H2. The second-order valence-electron chi connectivity index (χ2n) is 1.77. The zero-order valence-electron chi connectivity index (χ0n) is 4.98. The summed E-state index contributed by atoms with van der Waals surface area (Å²) in [5, 5.41) is 8.96. The fourth-order valence-electron chi connectivity index (χ4n) is 0.685. The maximum absolute atomic E-state index is 9.79. The van der Waals surface area contributed by atoms with E-state index < -0.39 is 0 Å². The van der Waals surface area contributed by atoms with Crippen LogP contribution in [-0.4, -0.2) is 25.4 Å². The zero-order valence-corrected chi connectivity index (χ0v) is 4.98. The molecule has 0 bridgehead atoms. The normalized spacial score (nSPS) is 20.9. The van der Waals surface area contributed by atoms with Crippen LogP contribution in [0.15, 0.2) is 6.08 Å². The summed E-state index contributed by atoms with van der Waals surface area (Å²) in [6.45, 7) is 1.46. The zero-order chi connectivity index (χ0) is 6.53. The number of carbonyl (C=O) groups excluding carboxylic acids is 1. The molecule has 1 aliphatic rings. The van der Waals surface area contributed by atoms with Gasteiger partial charge in [0.2, 0.25) is 0 Å². The Hall–Kier alpha value is -0.670. The van der Waals surface area contributed by atoms with Crippen LogP contribution in [0, 0.1) is 0 Å². The largest absolute Gasteiger partial charge is 0.292 e. The van der Waals surface area contributed by atoms with Gasteiger partial charge >= 0.3 is 0 Å². The minimum Gasteiger partial charge on any atom is -0.292 e. The molecule has 1 aliphatic heterocycles. The SMILES string of the molecule is O=C=CC1NCNCN1. The van der Waals surface area contributed by atoms with E-state index in [1.807, 2.05) is 0 Å². The third-order valence-electron chi connectivity index (χ3n) is 1.13. The Bertz CT molecular complexity index is 124. The van der Waals surface area contributed by atoms with E-state index in [4.69, 9.17) is 0 Å². The number of nitrogens with one attached hydrogen (secondary N) is 3. The lowest BCUT2D eigenvalue weighted by Gasteiger charge is -2.21. The van der Waals surface area contributed by atoms with E-state index in [1.54, 1.807) is 5.94 Å². The van der Waals surface area contributed by atoms with E-state index in [0.717, 1.165) is 13.3 Å². The fraction of sp³-hybridized carbons (Fsp3) is 0.600. The fourth-order valence-corrected chi connectivity index (χ4v) is 0.685. The molecule has 0 atom stereocenters. The molecule has 0 saturated carbocycles. The monoisotopic (exact) mass is 127 g/mol. The van der Waals surface area contributed by atoms with E-state index in [9.17, 15) is 4.79 Å². The van der Waals surface area contributed by atoms with Crippen LogP contribution in [0.5, 0.6) is 0 Å². The van der Waals surface area contributed by atoms with Crippen LogP contribution < -0.4 is 16.0 Å². The Labute approximate surface area is 53.3 Å². The van der Waals surface area contributed by atoms with Gasteiger partial charge in [0, 0.05) is 19.4 Å². The summed E-state index contributed by atoms with van der Waals surface area (Å²) < 4.78 is 0. The first-order valence-electron chi connectivity index (χ1n) is 2.82. The summed E-state index contributed by atoms with van der Waals surface area (Å²) in [5.74, 6) is 1.71. The van der Waals surface area contributed by atoms with E-state index in [0.29, 0.717) is 0 Å². The third kappa shape index (κ3) is 1.95. The van der Waals surface area contributed by atoms with Crippen molar-refractivity contribution in [2.24, 2.45) is 0 Å². The molecule has 0 radical (unpaired) electrons. The molecule has 0 aromatic heterocycles. The highest BCUT2D eigenvalue weighted by molar-refractivity contribution is 5.46. The highest BCUT2D eigenvalue weighted by atomic mass is 16.1. The van der Waals surface area contributed by atoms with E-state index >= 15 is 0 Å².